The minimum Gasteiger partial charge on any atom is -0.444 e. The average molecular weight is 520 g/mol. The van der Waals surface area contributed by atoms with Crippen LogP contribution in [-0.4, -0.2) is 84.9 Å². The number of hydrogen-bond donors (Lipinski definition) is 2. The number of nitrogens with zero attached hydrogens (tertiary/aromatic N) is 4. The van der Waals surface area contributed by atoms with E-state index in [4.69, 9.17) is 4.74 Å². The molecule has 0 saturated carbocycles. The van der Waals surface area contributed by atoms with Crippen LogP contribution in [0.1, 0.15) is 27.2 Å². The zero-order valence-corrected chi connectivity index (χ0v) is 20.5. The summed E-state index contributed by atoms with van der Waals surface area (Å²) in [7, 11) is 1.79. The highest BCUT2D eigenvalue weighted by Crippen LogP contribution is 2.11. The van der Waals surface area contributed by atoms with Crippen LogP contribution in [0.2, 0.25) is 0 Å². The van der Waals surface area contributed by atoms with E-state index in [1.54, 1.807) is 11.9 Å². The molecular formula is C20H37IN6O2. The molecule has 1 aromatic heterocycles. The second kappa shape index (κ2) is 12.9. The van der Waals surface area contributed by atoms with E-state index in [0.717, 1.165) is 64.7 Å². The Morgan fingerprint density at radius 3 is 2.24 bits per heavy atom. The number of ether oxygens (including phenoxy) is 1. The maximum Gasteiger partial charge on any atom is 0.410 e. The van der Waals surface area contributed by atoms with Gasteiger partial charge in [0.15, 0.2) is 5.96 Å². The summed E-state index contributed by atoms with van der Waals surface area (Å²) in [5.41, 5.74) is -0.436. The van der Waals surface area contributed by atoms with Crippen LogP contribution in [0.3, 0.4) is 0 Å². The first-order chi connectivity index (χ1) is 13.4. The molecule has 0 radical (unpaired) electrons. The quantitative estimate of drug-likeness (QED) is 0.250. The molecular weight excluding hydrogens is 483 g/mol. The van der Waals surface area contributed by atoms with Gasteiger partial charge in [0.1, 0.15) is 5.60 Å². The van der Waals surface area contributed by atoms with Crippen molar-refractivity contribution in [3.05, 3.63) is 24.5 Å². The van der Waals surface area contributed by atoms with Gasteiger partial charge in [0, 0.05) is 65.3 Å². The van der Waals surface area contributed by atoms with Crippen molar-refractivity contribution in [2.45, 2.75) is 39.3 Å². The van der Waals surface area contributed by atoms with E-state index in [1.807, 2.05) is 32.9 Å². The van der Waals surface area contributed by atoms with Crippen LogP contribution in [0, 0.1) is 0 Å². The Kier molecular flexibility index (Phi) is 11.4. The zero-order valence-electron chi connectivity index (χ0n) is 18.2. The lowest BCUT2D eigenvalue weighted by atomic mass is 10.2. The standard InChI is InChI=1S/C20H36N6O2.HI/c1-20(2,3)28-19(27)26-16-14-25(15-17-26)12-7-8-22-18(21-4)23-9-13-24-10-5-6-11-24;/h5-6,10-11H,7-9,12-17H2,1-4H3,(H2,21,22,23);1H. The van der Waals surface area contributed by atoms with E-state index in [0.29, 0.717) is 0 Å². The number of piperazine rings is 1. The van der Waals surface area contributed by atoms with Crippen LogP contribution < -0.4 is 10.6 Å². The fourth-order valence-electron chi connectivity index (χ4n) is 3.03. The Balaban J connectivity index is 0.00000420. The Morgan fingerprint density at radius 2 is 1.66 bits per heavy atom. The summed E-state index contributed by atoms with van der Waals surface area (Å²) < 4.78 is 7.58. The van der Waals surface area contributed by atoms with Gasteiger partial charge in [-0.05, 0) is 45.9 Å². The third kappa shape index (κ3) is 10.2. The van der Waals surface area contributed by atoms with Gasteiger partial charge in [-0.15, -0.1) is 24.0 Å². The maximum absolute atomic E-state index is 12.1. The van der Waals surface area contributed by atoms with Gasteiger partial charge < -0.3 is 24.8 Å². The normalized spacial score (nSPS) is 15.6. The van der Waals surface area contributed by atoms with Gasteiger partial charge in [-0.3, -0.25) is 9.89 Å². The molecule has 1 aromatic rings. The van der Waals surface area contributed by atoms with Gasteiger partial charge >= 0.3 is 6.09 Å². The number of rotatable bonds is 7. The van der Waals surface area contributed by atoms with Crippen LogP contribution in [0.15, 0.2) is 29.5 Å². The predicted molar refractivity (Wildman–Crippen MR) is 128 cm³/mol. The first kappa shape index (κ1) is 25.5. The third-order valence-corrected chi connectivity index (χ3v) is 4.52. The molecule has 1 aliphatic heterocycles. The molecule has 2 heterocycles. The largest absolute Gasteiger partial charge is 0.444 e. The second-order valence-electron chi connectivity index (χ2n) is 8.01. The summed E-state index contributed by atoms with van der Waals surface area (Å²) >= 11 is 0. The number of aliphatic imine (C=N–C) groups is 1. The molecule has 1 fully saturated rings. The molecule has 29 heavy (non-hydrogen) atoms. The number of nitrogens with one attached hydrogen (secondary N) is 2. The van der Waals surface area contributed by atoms with E-state index in [9.17, 15) is 4.79 Å². The van der Waals surface area contributed by atoms with E-state index in [-0.39, 0.29) is 30.1 Å². The molecule has 0 unspecified atom stereocenters. The molecule has 0 aromatic carbocycles. The first-order valence-corrected chi connectivity index (χ1v) is 10.1. The van der Waals surface area contributed by atoms with Gasteiger partial charge in [-0.1, -0.05) is 0 Å². The molecule has 1 amide bonds. The van der Waals surface area contributed by atoms with Gasteiger partial charge in [-0.2, -0.15) is 0 Å². The molecule has 9 heteroatoms. The zero-order chi connectivity index (χ0) is 20.4. The van der Waals surface area contributed by atoms with Gasteiger partial charge in [0.2, 0.25) is 0 Å². The van der Waals surface area contributed by atoms with Crippen molar-refractivity contribution in [3.63, 3.8) is 0 Å². The molecule has 0 aliphatic carbocycles. The summed E-state index contributed by atoms with van der Waals surface area (Å²) in [4.78, 5) is 20.6. The number of halogens is 1. The monoisotopic (exact) mass is 520 g/mol. The topological polar surface area (TPSA) is 74.1 Å². The molecule has 0 atom stereocenters. The smallest absolute Gasteiger partial charge is 0.410 e. The van der Waals surface area contributed by atoms with Crippen molar-refractivity contribution in [3.8, 4) is 0 Å². The van der Waals surface area contributed by atoms with Crippen molar-refractivity contribution in [1.82, 2.24) is 25.0 Å². The summed E-state index contributed by atoms with van der Waals surface area (Å²) in [6.07, 6.45) is 4.94. The number of carbonyl (C=O) groups is 1. The van der Waals surface area contributed by atoms with Crippen LogP contribution >= 0.6 is 24.0 Å². The van der Waals surface area contributed by atoms with E-state index in [1.165, 1.54) is 0 Å². The molecule has 2 rings (SSSR count). The number of carbonyl (C=O) groups excluding carboxylic acids is 1. The number of hydrogen-bond acceptors (Lipinski definition) is 4. The highest BCUT2D eigenvalue weighted by Gasteiger charge is 2.25. The lowest BCUT2D eigenvalue weighted by molar-refractivity contribution is 0.0145. The molecule has 0 spiro atoms. The molecule has 8 nitrogen and oxygen atoms in total. The lowest BCUT2D eigenvalue weighted by Gasteiger charge is -2.35. The van der Waals surface area contributed by atoms with Crippen molar-refractivity contribution < 1.29 is 9.53 Å². The Hall–Kier alpha value is -1.49. The fraction of sp³-hybridized carbons (Fsp3) is 0.700. The summed E-state index contributed by atoms with van der Waals surface area (Å²) in [5, 5.41) is 6.69. The Bertz CT molecular complexity index is 607. The summed E-state index contributed by atoms with van der Waals surface area (Å²) in [6, 6.07) is 4.06. The molecule has 1 saturated heterocycles. The van der Waals surface area contributed by atoms with E-state index >= 15 is 0 Å². The molecule has 1 aliphatic rings. The predicted octanol–water partition coefficient (Wildman–Crippen LogP) is 2.21. The van der Waals surface area contributed by atoms with Crippen LogP contribution in [0.5, 0.6) is 0 Å². The lowest BCUT2D eigenvalue weighted by Crippen LogP contribution is -2.50. The highest BCUT2D eigenvalue weighted by atomic mass is 127. The molecule has 166 valence electrons. The van der Waals surface area contributed by atoms with Crippen molar-refractivity contribution in [2.24, 2.45) is 4.99 Å². The minimum absolute atomic E-state index is 0. The van der Waals surface area contributed by atoms with Crippen LogP contribution in [-0.2, 0) is 11.3 Å². The Morgan fingerprint density at radius 1 is 1.03 bits per heavy atom. The van der Waals surface area contributed by atoms with Crippen molar-refractivity contribution >= 4 is 36.0 Å². The SMILES string of the molecule is CN=C(NCCCN1CCN(C(=O)OC(C)(C)C)CC1)NCCn1cccc1.I. The third-order valence-electron chi connectivity index (χ3n) is 4.52. The maximum atomic E-state index is 12.1. The van der Waals surface area contributed by atoms with E-state index < -0.39 is 5.60 Å². The van der Waals surface area contributed by atoms with E-state index in [2.05, 4.69) is 37.5 Å². The highest BCUT2D eigenvalue weighted by molar-refractivity contribution is 14.0. The molecule has 2 N–H and O–H groups in total. The van der Waals surface area contributed by atoms with Crippen molar-refractivity contribution in [2.75, 3.05) is 52.9 Å². The first-order valence-electron chi connectivity index (χ1n) is 10.1. The Labute approximate surface area is 192 Å². The molecule has 0 bridgehead atoms. The number of amides is 1. The van der Waals surface area contributed by atoms with Gasteiger partial charge in [-0.25, -0.2) is 4.79 Å². The fourth-order valence-corrected chi connectivity index (χ4v) is 3.03. The average Bonchev–Trinajstić information content (AvgIpc) is 3.16. The van der Waals surface area contributed by atoms with Gasteiger partial charge in [0.25, 0.3) is 0 Å². The summed E-state index contributed by atoms with van der Waals surface area (Å²) in [5.74, 6) is 0.835. The van der Waals surface area contributed by atoms with Crippen LogP contribution in [0.25, 0.3) is 0 Å². The summed E-state index contributed by atoms with van der Waals surface area (Å²) in [6.45, 7) is 12.6. The van der Waals surface area contributed by atoms with Gasteiger partial charge in [0.05, 0.1) is 0 Å². The number of guanidine groups is 1. The van der Waals surface area contributed by atoms with Crippen molar-refractivity contribution in [1.29, 1.82) is 0 Å². The van der Waals surface area contributed by atoms with Crippen LogP contribution in [0.4, 0.5) is 4.79 Å². The number of aromatic nitrogens is 1. The minimum atomic E-state index is -0.436. The second-order valence-corrected chi connectivity index (χ2v) is 8.01.